The molecule has 0 saturated carbocycles. The van der Waals surface area contributed by atoms with Gasteiger partial charge in [0.2, 0.25) is 0 Å². The summed E-state index contributed by atoms with van der Waals surface area (Å²) in [5.41, 5.74) is 1.21. The second-order valence-electron chi connectivity index (χ2n) is 4.77. The summed E-state index contributed by atoms with van der Waals surface area (Å²) in [6, 6.07) is 14.5. The van der Waals surface area contributed by atoms with E-state index in [1.807, 2.05) is 30.3 Å². The molecule has 0 unspecified atom stereocenters. The average Bonchev–Trinajstić information content (AvgIpc) is 2.50. The number of hydrogen-bond acceptors (Lipinski definition) is 3. The van der Waals surface area contributed by atoms with Gasteiger partial charge < -0.3 is 15.2 Å². The highest BCUT2D eigenvalue weighted by Crippen LogP contribution is 2.17. The maximum atomic E-state index is 11.9. The number of aromatic hydroxyl groups is 1. The molecule has 0 aliphatic rings. The van der Waals surface area contributed by atoms with E-state index in [1.165, 1.54) is 6.07 Å². The first kappa shape index (κ1) is 14.9. The Balaban J connectivity index is 1.71. The van der Waals surface area contributed by atoms with Gasteiger partial charge in [0.1, 0.15) is 11.5 Å². The molecule has 0 aliphatic heterocycles. The lowest BCUT2D eigenvalue weighted by molar-refractivity contribution is 0.0951. The van der Waals surface area contributed by atoms with Crippen molar-refractivity contribution in [1.29, 1.82) is 0 Å². The second-order valence-corrected chi connectivity index (χ2v) is 4.77. The Bertz CT molecular complexity index is 596. The van der Waals surface area contributed by atoms with Crippen LogP contribution in [0, 0.1) is 6.92 Å². The van der Waals surface area contributed by atoms with Crippen LogP contribution in [0.3, 0.4) is 0 Å². The van der Waals surface area contributed by atoms with Crippen LogP contribution in [-0.4, -0.2) is 24.2 Å². The lowest BCUT2D eigenvalue weighted by Gasteiger charge is -2.08. The highest BCUT2D eigenvalue weighted by atomic mass is 16.5. The number of phenols is 1. The summed E-state index contributed by atoms with van der Waals surface area (Å²) in [6.45, 7) is 2.86. The van der Waals surface area contributed by atoms with Crippen LogP contribution < -0.4 is 10.1 Å². The van der Waals surface area contributed by atoms with E-state index in [9.17, 15) is 9.90 Å². The average molecular weight is 285 g/mol. The molecule has 4 heteroatoms. The molecule has 0 bridgehead atoms. The summed E-state index contributed by atoms with van der Waals surface area (Å²) in [6.07, 6.45) is 0.721. The minimum Gasteiger partial charge on any atom is -0.508 e. The van der Waals surface area contributed by atoms with Gasteiger partial charge in [-0.2, -0.15) is 0 Å². The van der Waals surface area contributed by atoms with Gasteiger partial charge >= 0.3 is 0 Å². The quantitative estimate of drug-likeness (QED) is 0.802. The number of ether oxygens (including phenoxy) is 1. The molecule has 2 aromatic rings. The molecule has 0 saturated heterocycles. The Hall–Kier alpha value is -2.49. The van der Waals surface area contributed by atoms with Gasteiger partial charge in [-0.15, -0.1) is 0 Å². The lowest BCUT2D eigenvalue weighted by atomic mass is 10.1. The minimum atomic E-state index is -0.190. The number of rotatable bonds is 6. The van der Waals surface area contributed by atoms with Gasteiger partial charge in [0, 0.05) is 12.1 Å². The molecule has 110 valence electrons. The molecule has 0 radical (unpaired) electrons. The van der Waals surface area contributed by atoms with Crippen molar-refractivity contribution in [2.24, 2.45) is 0 Å². The number of nitrogens with one attached hydrogen (secondary N) is 1. The zero-order valence-corrected chi connectivity index (χ0v) is 12.0. The SMILES string of the molecule is Cc1ccc(C(=O)NCCCOc2ccccc2)cc1O. The van der Waals surface area contributed by atoms with E-state index < -0.39 is 0 Å². The molecule has 0 spiro atoms. The number of para-hydroxylation sites is 1. The number of hydrogen-bond donors (Lipinski definition) is 2. The maximum absolute atomic E-state index is 11.9. The zero-order valence-electron chi connectivity index (χ0n) is 12.0. The van der Waals surface area contributed by atoms with Crippen LogP contribution in [0.5, 0.6) is 11.5 Å². The van der Waals surface area contributed by atoms with Crippen molar-refractivity contribution in [3.8, 4) is 11.5 Å². The van der Waals surface area contributed by atoms with Crippen molar-refractivity contribution in [2.45, 2.75) is 13.3 Å². The van der Waals surface area contributed by atoms with Gasteiger partial charge in [-0.3, -0.25) is 4.79 Å². The highest BCUT2D eigenvalue weighted by Gasteiger charge is 2.06. The fraction of sp³-hybridized carbons (Fsp3) is 0.235. The van der Waals surface area contributed by atoms with Gasteiger partial charge in [0.05, 0.1) is 6.61 Å². The van der Waals surface area contributed by atoms with Crippen LogP contribution in [0.2, 0.25) is 0 Å². The molecule has 4 nitrogen and oxygen atoms in total. The minimum absolute atomic E-state index is 0.134. The topological polar surface area (TPSA) is 58.6 Å². The Morgan fingerprint density at radius 3 is 2.67 bits per heavy atom. The number of carbonyl (C=O) groups is 1. The summed E-state index contributed by atoms with van der Waals surface area (Å²) in [7, 11) is 0. The van der Waals surface area contributed by atoms with Crippen LogP contribution in [0.1, 0.15) is 22.3 Å². The van der Waals surface area contributed by atoms with Gasteiger partial charge in [0.15, 0.2) is 0 Å². The van der Waals surface area contributed by atoms with E-state index in [4.69, 9.17) is 4.74 Å². The fourth-order valence-corrected chi connectivity index (χ4v) is 1.83. The van der Waals surface area contributed by atoms with Crippen LogP contribution in [0.4, 0.5) is 0 Å². The van der Waals surface area contributed by atoms with Crippen molar-refractivity contribution >= 4 is 5.91 Å². The normalized spacial score (nSPS) is 10.1. The molecule has 0 atom stereocenters. The van der Waals surface area contributed by atoms with E-state index in [0.717, 1.165) is 17.7 Å². The predicted octanol–water partition coefficient (Wildman–Crippen LogP) is 2.90. The first-order valence-electron chi connectivity index (χ1n) is 6.92. The molecule has 1 amide bonds. The van der Waals surface area contributed by atoms with Gasteiger partial charge in [-0.25, -0.2) is 0 Å². The number of phenolic OH excluding ortho intramolecular Hbond substituents is 1. The molecule has 2 rings (SSSR count). The summed E-state index contributed by atoms with van der Waals surface area (Å²) >= 11 is 0. The molecule has 0 heterocycles. The second kappa shape index (κ2) is 7.33. The number of carbonyl (C=O) groups excluding carboxylic acids is 1. The molecule has 2 N–H and O–H groups in total. The largest absolute Gasteiger partial charge is 0.508 e. The molecule has 2 aromatic carbocycles. The van der Waals surface area contributed by atoms with E-state index in [0.29, 0.717) is 18.7 Å². The lowest BCUT2D eigenvalue weighted by Crippen LogP contribution is -2.25. The molecule has 0 aromatic heterocycles. The molecule has 0 aliphatic carbocycles. The zero-order chi connectivity index (χ0) is 15.1. The standard InChI is InChI=1S/C17H19NO3/c1-13-8-9-14(12-16(13)19)17(20)18-10-5-11-21-15-6-3-2-4-7-15/h2-4,6-9,12,19H,5,10-11H2,1H3,(H,18,20). The first-order valence-corrected chi connectivity index (χ1v) is 6.92. The third kappa shape index (κ3) is 4.53. The fourth-order valence-electron chi connectivity index (χ4n) is 1.83. The van der Waals surface area contributed by atoms with E-state index in [1.54, 1.807) is 19.1 Å². The Labute approximate surface area is 124 Å². The van der Waals surface area contributed by atoms with E-state index >= 15 is 0 Å². The maximum Gasteiger partial charge on any atom is 0.251 e. The Morgan fingerprint density at radius 2 is 1.95 bits per heavy atom. The van der Waals surface area contributed by atoms with Crippen molar-refractivity contribution in [2.75, 3.05) is 13.2 Å². The van der Waals surface area contributed by atoms with Crippen molar-refractivity contribution in [3.63, 3.8) is 0 Å². The number of amides is 1. The predicted molar refractivity (Wildman–Crippen MR) is 81.7 cm³/mol. The molecular formula is C17H19NO3. The van der Waals surface area contributed by atoms with Crippen LogP contribution >= 0.6 is 0 Å². The monoisotopic (exact) mass is 285 g/mol. The number of aryl methyl sites for hydroxylation is 1. The van der Waals surface area contributed by atoms with Crippen molar-refractivity contribution < 1.29 is 14.6 Å². The van der Waals surface area contributed by atoms with Gasteiger partial charge in [-0.1, -0.05) is 24.3 Å². The molecule has 0 fully saturated rings. The van der Waals surface area contributed by atoms with E-state index in [-0.39, 0.29) is 11.7 Å². The van der Waals surface area contributed by atoms with Gasteiger partial charge in [-0.05, 0) is 43.2 Å². The van der Waals surface area contributed by atoms with Gasteiger partial charge in [0.25, 0.3) is 5.91 Å². The number of benzene rings is 2. The summed E-state index contributed by atoms with van der Waals surface area (Å²) in [4.78, 5) is 11.9. The summed E-state index contributed by atoms with van der Waals surface area (Å²) in [5.74, 6) is 0.771. The molecule has 21 heavy (non-hydrogen) atoms. The first-order chi connectivity index (χ1) is 10.2. The highest BCUT2D eigenvalue weighted by molar-refractivity contribution is 5.94. The van der Waals surface area contributed by atoms with Crippen LogP contribution in [0.25, 0.3) is 0 Å². The summed E-state index contributed by atoms with van der Waals surface area (Å²) < 4.78 is 5.54. The van der Waals surface area contributed by atoms with E-state index in [2.05, 4.69) is 5.32 Å². The third-order valence-electron chi connectivity index (χ3n) is 3.09. The molecular weight excluding hydrogens is 266 g/mol. The Morgan fingerprint density at radius 1 is 1.19 bits per heavy atom. The third-order valence-corrected chi connectivity index (χ3v) is 3.09. The van der Waals surface area contributed by atoms with Crippen LogP contribution in [0.15, 0.2) is 48.5 Å². The Kier molecular flexibility index (Phi) is 5.21. The van der Waals surface area contributed by atoms with Crippen molar-refractivity contribution in [3.05, 3.63) is 59.7 Å². The van der Waals surface area contributed by atoms with Crippen molar-refractivity contribution in [1.82, 2.24) is 5.32 Å². The smallest absolute Gasteiger partial charge is 0.251 e. The summed E-state index contributed by atoms with van der Waals surface area (Å²) in [5, 5.41) is 12.4. The van der Waals surface area contributed by atoms with Crippen LogP contribution in [-0.2, 0) is 0 Å².